The lowest BCUT2D eigenvalue weighted by atomic mass is 9.33. The van der Waals surface area contributed by atoms with Crippen LogP contribution in [0.4, 0.5) is 51.2 Å². The van der Waals surface area contributed by atoms with Crippen LogP contribution in [-0.2, 0) is 32.5 Å². The third kappa shape index (κ3) is 7.36. The fraction of sp³-hybridized carbons (Fsp3) is 0.351. The number of hydrogen-bond donors (Lipinski definition) is 0. The molecule has 0 radical (unpaired) electrons. The molecule has 0 aromatic heterocycles. The SMILES string of the molecule is [2H]C([2H])([2H])c1cc2c3c(c1)N(c1ccc(C(C)(C)C)c4c1-c1ccccc1C4(C)C)c1cc(N(c4ccccc4C)c4ccccc4C)ccc1B3c1cc3c(cc1N2c1ccc2c(c1)C(C)(C)CCC2(C)C)C(C)(C)CCC3(C)C. The number of para-hydroxylation sites is 2. The van der Waals surface area contributed by atoms with Gasteiger partial charge in [0.2, 0.25) is 0 Å². The van der Waals surface area contributed by atoms with E-state index in [-0.39, 0.29) is 39.2 Å². The van der Waals surface area contributed by atoms with Crippen LogP contribution in [0.2, 0.25) is 0 Å². The molecule has 0 saturated carbocycles. The average Bonchev–Trinajstić information content (AvgIpc) is 2.88. The van der Waals surface area contributed by atoms with E-state index in [0.29, 0.717) is 5.56 Å². The van der Waals surface area contributed by atoms with E-state index in [9.17, 15) is 4.11 Å². The monoisotopic (exact) mass is 1020 g/mol. The van der Waals surface area contributed by atoms with E-state index in [0.717, 1.165) is 82.3 Å². The predicted octanol–water partition coefficient (Wildman–Crippen LogP) is 18.5. The van der Waals surface area contributed by atoms with Crippen molar-refractivity contribution in [1.82, 2.24) is 0 Å². The number of anilines is 9. The lowest BCUT2D eigenvalue weighted by Crippen LogP contribution is -2.62. The lowest BCUT2D eigenvalue weighted by molar-refractivity contribution is 0.332. The first-order valence-corrected chi connectivity index (χ1v) is 29.0. The van der Waals surface area contributed by atoms with Crippen LogP contribution in [0.25, 0.3) is 11.1 Å². The quantitative estimate of drug-likeness (QED) is 0.159. The molecule has 5 aliphatic rings. The predicted molar refractivity (Wildman–Crippen MR) is 336 cm³/mol. The Bertz CT molecular complexity index is 3910. The Hall–Kier alpha value is -6.78. The molecule has 78 heavy (non-hydrogen) atoms. The Kier molecular flexibility index (Phi) is 10.2. The molecule has 0 atom stereocenters. The van der Waals surface area contributed by atoms with Gasteiger partial charge >= 0.3 is 0 Å². The van der Waals surface area contributed by atoms with Crippen molar-refractivity contribution in [2.45, 2.75) is 169 Å². The topological polar surface area (TPSA) is 9.72 Å². The number of fused-ring (bicyclic) bond motifs is 9. The standard InChI is InChI=1S/C74H80BN3/c1-45-39-64-68-65(40-45)78(61-34-32-53(69(4,5)6)67-66(61)50-25-19-20-26-51(50)74(67,15)16)62-42-49(76(59-27-21-17-23-46(59)2)60-28-22-18-24-47(60)3)30-33-57(62)75(68)58-43-55-56(73(13,14)38-37-72(55,11)12)44-63(58)77(64)48-29-31-52-54(41-48)71(9,10)36-35-70(52,7)8/h17-34,39-44H,35-38H2,1-16H3/i1D3. The van der Waals surface area contributed by atoms with Gasteiger partial charge in [0.25, 0.3) is 6.71 Å². The summed E-state index contributed by atoms with van der Waals surface area (Å²) < 4.78 is 28.4. The molecule has 0 N–H and O–H groups in total. The number of rotatable bonds is 5. The van der Waals surface area contributed by atoms with Crippen molar-refractivity contribution in [3.63, 3.8) is 0 Å². The highest BCUT2D eigenvalue weighted by Gasteiger charge is 2.49. The first-order valence-electron chi connectivity index (χ1n) is 30.5. The first-order chi connectivity index (χ1) is 38.0. The molecule has 3 nitrogen and oxygen atoms in total. The molecule has 4 heteroatoms. The van der Waals surface area contributed by atoms with Gasteiger partial charge in [0.05, 0.1) is 5.69 Å². The zero-order chi connectivity index (χ0) is 57.5. The number of aryl methyl sites for hydroxylation is 3. The molecule has 394 valence electrons. The van der Waals surface area contributed by atoms with E-state index in [2.05, 4.69) is 258 Å². The molecule has 2 heterocycles. The van der Waals surface area contributed by atoms with Crippen molar-refractivity contribution in [2.75, 3.05) is 14.7 Å². The zero-order valence-corrected chi connectivity index (χ0v) is 49.1. The van der Waals surface area contributed by atoms with Crippen molar-refractivity contribution in [3.05, 3.63) is 201 Å². The molecule has 0 spiro atoms. The smallest absolute Gasteiger partial charge is 0.252 e. The Morgan fingerprint density at radius 2 is 1.04 bits per heavy atom. The molecule has 3 aliphatic carbocycles. The highest BCUT2D eigenvalue weighted by atomic mass is 15.2. The lowest BCUT2D eigenvalue weighted by Gasteiger charge is -2.48. The van der Waals surface area contributed by atoms with Crippen molar-refractivity contribution in [2.24, 2.45) is 0 Å². The van der Waals surface area contributed by atoms with Crippen LogP contribution in [0.3, 0.4) is 0 Å². The summed E-state index contributed by atoms with van der Waals surface area (Å²) in [5, 5.41) is 0. The molecule has 8 aromatic carbocycles. The zero-order valence-electron chi connectivity index (χ0n) is 52.1. The minimum absolute atomic E-state index is 0.0242. The summed E-state index contributed by atoms with van der Waals surface area (Å²) in [6.07, 6.45) is 4.39. The van der Waals surface area contributed by atoms with E-state index in [1.165, 1.54) is 72.1 Å². The summed E-state index contributed by atoms with van der Waals surface area (Å²) in [4.78, 5) is 7.44. The highest BCUT2D eigenvalue weighted by Crippen LogP contribution is 2.59. The summed E-state index contributed by atoms with van der Waals surface area (Å²) >= 11 is 0. The second kappa shape index (κ2) is 16.9. The summed E-state index contributed by atoms with van der Waals surface area (Å²) in [5.41, 5.74) is 27.0. The van der Waals surface area contributed by atoms with Gasteiger partial charge in [-0.25, -0.2) is 0 Å². The second-order valence-electron chi connectivity index (χ2n) is 28.2. The van der Waals surface area contributed by atoms with Crippen molar-refractivity contribution in [3.8, 4) is 11.1 Å². The van der Waals surface area contributed by atoms with Crippen LogP contribution in [0.15, 0.2) is 146 Å². The second-order valence-corrected chi connectivity index (χ2v) is 28.2. The summed E-state index contributed by atoms with van der Waals surface area (Å²) in [5.74, 6) is 0. The van der Waals surface area contributed by atoms with Gasteiger partial charge in [-0.2, -0.15) is 0 Å². The van der Waals surface area contributed by atoms with Crippen LogP contribution in [-0.4, -0.2) is 6.71 Å². The van der Waals surface area contributed by atoms with Crippen molar-refractivity contribution < 1.29 is 4.11 Å². The van der Waals surface area contributed by atoms with Crippen LogP contribution in [0.5, 0.6) is 0 Å². The third-order valence-corrected chi connectivity index (χ3v) is 19.8. The summed E-state index contributed by atoms with van der Waals surface area (Å²) in [7, 11) is 0. The van der Waals surface area contributed by atoms with Gasteiger partial charge in [0, 0.05) is 60.6 Å². The van der Waals surface area contributed by atoms with Crippen LogP contribution < -0.4 is 31.1 Å². The number of benzene rings is 8. The van der Waals surface area contributed by atoms with Crippen LogP contribution in [0, 0.1) is 20.7 Å². The first kappa shape index (κ1) is 47.2. The third-order valence-electron chi connectivity index (χ3n) is 19.8. The normalized spacial score (nSPS) is 19.0. The molecule has 13 rings (SSSR count). The molecule has 2 aliphatic heterocycles. The minimum Gasteiger partial charge on any atom is -0.311 e. The van der Waals surface area contributed by atoms with Gasteiger partial charge in [-0.1, -0.05) is 175 Å². The Balaban J connectivity index is 1.20. The van der Waals surface area contributed by atoms with Crippen LogP contribution >= 0.6 is 0 Å². The van der Waals surface area contributed by atoms with Gasteiger partial charge in [0.15, 0.2) is 0 Å². The molecule has 0 bridgehead atoms. The van der Waals surface area contributed by atoms with Crippen molar-refractivity contribution >= 4 is 74.3 Å². The molecule has 0 amide bonds. The van der Waals surface area contributed by atoms with Gasteiger partial charge in [-0.3, -0.25) is 0 Å². The molecular formula is C74H80BN3. The maximum absolute atomic E-state index is 9.48. The average molecular weight is 1030 g/mol. The Morgan fingerprint density at radius 1 is 0.487 bits per heavy atom. The molecular weight excluding hydrogens is 942 g/mol. The summed E-state index contributed by atoms with van der Waals surface area (Å²) in [6, 6.07) is 54.9. The van der Waals surface area contributed by atoms with E-state index in [1.54, 1.807) is 0 Å². The highest BCUT2D eigenvalue weighted by molar-refractivity contribution is 7.00. The van der Waals surface area contributed by atoms with Gasteiger partial charge < -0.3 is 14.7 Å². The summed E-state index contributed by atoms with van der Waals surface area (Å²) in [6.45, 7) is 32.9. The molecule has 0 fully saturated rings. The largest absolute Gasteiger partial charge is 0.311 e. The van der Waals surface area contributed by atoms with Gasteiger partial charge in [-0.05, 0) is 212 Å². The minimum atomic E-state index is -2.43. The van der Waals surface area contributed by atoms with Gasteiger partial charge in [-0.15, -0.1) is 0 Å². The molecule has 8 aromatic rings. The number of hydrogen-bond acceptors (Lipinski definition) is 3. The van der Waals surface area contributed by atoms with E-state index < -0.39 is 6.85 Å². The fourth-order valence-electron chi connectivity index (χ4n) is 15.2. The van der Waals surface area contributed by atoms with Crippen LogP contribution in [0.1, 0.15) is 175 Å². The number of nitrogens with zero attached hydrogens (tertiary/aromatic N) is 3. The van der Waals surface area contributed by atoms with E-state index >= 15 is 0 Å². The maximum atomic E-state index is 9.48. The van der Waals surface area contributed by atoms with Crippen molar-refractivity contribution in [1.29, 1.82) is 0 Å². The molecule has 0 saturated heterocycles. The van der Waals surface area contributed by atoms with Gasteiger partial charge in [0.1, 0.15) is 0 Å². The fourth-order valence-corrected chi connectivity index (χ4v) is 15.2. The molecule has 0 unspecified atom stereocenters. The van der Waals surface area contributed by atoms with E-state index in [4.69, 9.17) is 0 Å². The Labute approximate surface area is 472 Å². The Morgan fingerprint density at radius 3 is 1.65 bits per heavy atom. The maximum Gasteiger partial charge on any atom is 0.252 e. The van der Waals surface area contributed by atoms with E-state index in [1.807, 2.05) is 6.07 Å².